The Morgan fingerprint density at radius 2 is 1.90 bits per heavy atom. The van der Waals surface area contributed by atoms with Gasteiger partial charge in [0.15, 0.2) is 6.10 Å². The highest BCUT2D eigenvalue weighted by molar-refractivity contribution is 5.73. The normalized spacial score (nSPS) is 21.6. The highest BCUT2D eigenvalue weighted by Gasteiger charge is 2.50. The molecule has 0 amide bonds. The minimum atomic E-state index is -4.72. The molecule has 0 saturated heterocycles. The van der Waals surface area contributed by atoms with Gasteiger partial charge < -0.3 is 10.5 Å². The van der Waals surface area contributed by atoms with Crippen LogP contribution in [0.3, 0.4) is 0 Å². The van der Waals surface area contributed by atoms with Crippen molar-refractivity contribution in [3.63, 3.8) is 0 Å². The zero-order valence-corrected chi connectivity index (χ0v) is 15.4. The zero-order valence-electron chi connectivity index (χ0n) is 15.4. The summed E-state index contributed by atoms with van der Waals surface area (Å²) < 4.78 is 73.3. The number of benzene rings is 1. The molecule has 0 radical (unpaired) electrons. The largest absolute Gasteiger partial charge is 0.452 e. The van der Waals surface area contributed by atoms with Crippen molar-refractivity contribution in [2.24, 2.45) is 10.7 Å². The summed E-state index contributed by atoms with van der Waals surface area (Å²) in [5.74, 6) is 3.53. The van der Waals surface area contributed by atoms with E-state index >= 15 is 0 Å². The average Bonchev–Trinajstić information content (AvgIpc) is 2.60. The van der Waals surface area contributed by atoms with Gasteiger partial charge in [0.25, 0.3) is 6.02 Å². The van der Waals surface area contributed by atoms with Gasteiger partial charge >= 0.3 is 6.18 Å². The second-order valence-corrected chi connectivity index (χ2v) is 6.73. The number of ether oxygens (including phenoxy) is 1. The van der Waals surface area contributed by atoms with Crippen molar-refractivity contribution < 1.29 is 26.7 Å². The van der Waals surface area contributed by atoms with E-state index in [2.05, 4.69) is 26.6 Å². The van der Waals surface area contributed by atoms with Crippen LogP contribution in [0.4, 0.5) is 22.0 Å². The zero-order chi connectivity index (χ0) is 21.4. The number of aromatic nitrogens is 1. The van der Waals surface area contributed by atoms with Gasteiger partial charge in [-0.1, -0.05) is 5.92 Å². The molecule has 2 N–H and O–H groups in total. The minimum absolute atomic E-state index is 0.0429. The maximum Gasteiger partial charge on any atom is 0.425 e. The van der Waals surface area contributed by atoms with Gasteiger partial charge in [0, 0.05) is 47.1 Å². The summed E-state index contributed by atoms with van der Waals surface area (Å²) >= 11 is 0. The van der Waals surface area contributed by atoms with E-state index in [4.69, 9.17) is 5.73 Å². The van der Waals surface area contributed by atoms with Crippen LogP contribution in [0.15, 0.2) is 35.6 Å². The van der Waals surface area contributed by atoms with Gasteiger partial charge in [-0.25, -0.2) is 13.8 Å². The number of hydrogen-bond donors (Lipinski definition) is 1. The third kappa shape index (κ3) is 4.16. The number of nitrogens with zero attached hydrogens (tertiary/aromatic N) is 2. The Bertz CT molecular complexity index is 1040. The summed E-state index contributed by atoms with van der Waals surface area (Å²) in [6, 6.07) is 2.57. The van der Waals surface area contributed by atoms with E-state index in [1.165, 1.54) is 19.3 Å². The molecular formula is C20H16F5N3O. The van der Waals surface area contributed by atoms with Crippen LogP contribution in [0.1, 0.15) is 31.4 Å². The van der Waals surface area contributed by atoms with E-state index in [0.29, 0.717) is 17.2 Å². The maximum atomic E-state index is 14.6. The van der Waals surface area contributed by atoms with Crippen molar-refractivity contribution in [1.82, 2.24) is 4.98 Å². The highest BCUT2D eigenvalue weighted by Crippen LogP contribution is 2.42. The molecule has 0 aliphatic carbocycles. The van der Waals surface area contributed by atoms with Crippen LogP contribution in [0, 0.1) is 23.5 Å². The second-order valence-electron chi connectivity index (χ2n) is 6.73. The molecule has 1 aliphatic heterocycles. The summed E-state index contributed by atoms with van der Waals surface area (Å²) in [6.45, 7) is 2.91. The number of rotatable bonds is 2. The topological polar surface area (TPSA) is 60.5 Å². The van der Waals surface area contributed by atoms with E-state index < -0.39 is 41.9 Å². The first-order chi connectivity index (χ1) is 13.5. The van der Waals surface area contributed by atoms with Gasteiger partial charge in [-0.15, -0.1) is 5.92 Å². The molecule has 0 fully saturated rings. The Balaban J connectivity index is 2.13. The lowest BCUT2D eigenvalue weighted by Crippen LogP contribution is -2.46. The Kier molecular flexibility index (Phi) is 5.22. The van der Waals surface area contributed by atoms with Crippen molar-refractivity contribution in [3.05, 3.63) is 53.4 Å². The number of hydrogen-bond acceptors (Lipinski definition) is 4. The van der Waals surface area contributed by atoms with Gasteiger partial charge in [0.1, 0.15) is 11.6 Å². The highest BCUT2D eigenvalue weighted by atomic mass is 19.4. The molecular weight excluding hydrogens is 393 g/mol. The fraction of sp³-hybridized carbons (Fsp3) is 0.300. The van der Waals surface area contributed by atoms with E-state index in [0.717, 1.165) is 6.07 Å². The molecule has 152 valence electrons. The Hall–Kier alpha value is -3.15. The second kappa shape index (κ2) is 7.35. The van der Waals surface area contributed by atoms with E-state index in [9.17, 15) is 22.0 Å². The molecule has 29 heavy (non-hydrogen) atoms. The number of pyridine rings is 1. The van der Waals surface area contributed by atoms with Crippen molar-refractivity contribution in [1.29, 1.82) is 0 Å². The number of amidine groups is 1. The van der Waals surface area contributed by atoms with Gasteiger partial charge in [0.2, 0.25) is 0 Å². The first-order valence-corrected chi connectivity index (χ1v) is 8.50. The first-order valence-electron chi connectivity index (χ1n) is 8.50. The van der Waals surface area contributed by atoms with Crippen LogP contribution in [0.5, 0.6) is 0 Å². The van der Waals surface area contributed by atoms with Crippen LogP contribution in [0.2, 0.25) is 0 Å². The molecule has 9 heteroatoms. The Labute approximate surface area is 163 Å². The van der Waals surface area contributed by atoms with Gasteiger partial charge in [-0.2, -0.15) is 13.2 Å². The number of alkyl halides is 3. The number of halogens is 5. The molecule has 2 aromatic rings. The number of nitrogens with two attached hydrogens (primary N) is 1. The SMILES string of the molecule is CC#Cc1cncc(-c2cc([C@]3(C)C[C@@H](C(F)(F)F)OC(N)=N3)c(F)cc2F)c1. The quantitative estimate of drug-likeness (QED) is 0.595. The van der Waals surface area contributed by atoms with Crippen LogP contribution in [0.25, 0.3) is 11.1 Å². The monoisotopic (exact) mass is 409 g/mol. The predicted molar refractivity (Wildman–Crippen MR) is 96.7 cm³/mol. The molecule has 1 aliphatic rings. The van der Waals surface area contributed by atoms with Crippen molar-refractivity contribution in [2.45, 2.75) is 38.1 Å². The fourth-order valence-electron chi connectivity index (χ4n) is 3.20. The van der Waals surface area contributed by atoms with Gasteiger partial charge in [0.05, 0.1) is 5.54 Å². The van der Waals surface area contributed by atoms with E-state index in [1.54, 1.807) is 13.0 Å². The minimum Gasteiger partial charge on any atom is -0.452 e. The average molecular weight is 409 g/mol. The summed E-state index contributed by atoms with van der Waals surface area (Å²) in [4.78, 5) is 7.87. The van der Waals surface area contributed by atoms with Crippen molar-refractivity contribution in [3.8, 4) is 23.0 Å². The third-order valence-electron chi connectivity index (χ3n) is 4.52. The van der Waals surface area contributed by atoms with Crippen molar-refractivity contribution >= 4 is 6.02 Å². The third-order valence-corrected chi connectivity index (χ3v) is 4.52. The number of aliphatic imine (C=N–C) groups is 1. The summed E-state index contributed by atoms with van der Waals surface area (Å²) in [5, 5.41) is 0. The van der Waals surface area contributed by atoms with Gasteiger partial charge in [-0.3, -0.25) is 4.98 Å². The Morgan fingerprint density at radius 1 is 1.17 bits per heavy atom. The van der Waals surface area contributed by atoms with Crippen LogP contribution < -0.4 is 5.73 Å². The molecule has 0 spiro atoms. The molecule has 0 unspecified atom stereocenters. The summed E-state index contributed by atoms with van der Waals surface area (Å²) in [7, 11) is 0. The lowest BCUT2D eigenvalue weighted by Gasteiger charge is -2.36. The molecule has 0 bridgehead atoms. The van der Waals surface area contributed by atoms with E-state index in [-0.39, 0.29) is 11.1 Å². The lowest BCUT2D eigenvalue weighted by atomic mass is 9.84. The van der Waals surface area contributed by atoms with Crippen LogP contribution >= 0.6 is 0 Å². The van der Waals surface area contributed by atoms with Crippen LogP contribution in [-0.4, -0.2) is 23.3 Å². The molecule has 3 rings (SSSR count). The maximum absolute atomic E-state index is 14.6. The molecule has 0 saturated carbocycles. The Morgan fingerprint density at radius 3 is 2.55 bits per heavy atom. The molecule has 2 heterocycles. The summed E-state index contributed by atoms with van der Waals surface area (Å²) in [5.41, 5.74) is 4.24. The molecule has 1 aromatic carbocycles. The first kappa shape index (κ1) is 20.6. The van der Waals surface area contributed by atoms with E-state index in [1.807, 2.05) is 0 Å². The molecule has 2 atom stereocenters. The standard InChI is InChI=1S/C20H16F5N3O/c1-3-4-11-5-12(10-27-9-11)13-6-14(16(22)7-15(13)21)19(2)8-17(20(23,24)25)29-18(26)28-19/h5-7,9-10,17H,8H2,1-2H3,(H2,26,28)/t17-,19-/m0/s1. The lowest BCUT2D eigenvalue weighted by molar-refractivity contribution is -0.208. The predicted octanol–water partition coefficient (Wildman–Crippen LogP) is 4.28. The fourth-order valence-corrected chi connectivity index (χ4v) is 3.20. The summed E-state index contributed by atoms with van der Waals surface area (Å²) in [6.07, 6.45) is -4.87. The smallest absolute Gasteiger partial charge is 0.425 e. The molecule has 1 aromatic heterocycles. The van der Waals surface area contributed by atoms with Crippen molar-refractivity contribution in [2.75, 3.05) is 0 Å². The molecule has 4 nitrogen and oxygen atoms in total. The van der Waals surface area contributed by atoms with Gasteiger partial charge in [-0.05, 0) is 26.0 Å². The van der Waals surface area contributed by atoms with Crippen LogP contribution in [-0.2, 0) is 10.3 Å².